The van der Waals surface area contributed by atoms with Crippen molar-refractivity contribution in [2.24, 2.45) is 0 Å². The Labute approximate surface area is 150 Å². The van der Waals surface area contributed by atoms with Crippen LogP contribution in [0, 0.1) is 0 Å². The zero-order chi connectivity index (χ0) is 17.2. The van der Waals surface area contributed by atoms with Gasteiger partial charge in [0.2, 0.25) is 5.89 Å². The standard InChI is InChI=1S/C19H21N3O2S/c1-12(17(23)15-11-20-16-10-6-5-9-14(15)16)25-19-22-21-18(24-19)13-7-3-2-4-8-13/h5-6,9-13,20H,2-4,7-8H2,1H3. The van der Waals surface area contributed by atoms with Gasteiger partial charge in [0.05, 0.1) is 5.25 Å². The SMILES string of the molecule is CC(Sc1nnc(C2CCCCC2)o1)C(=O)c1c[nH]c2ccccc12. The van der Waals surface area contributed by atoms with Crippen LogP contribution in [0.2, 0.25) is 0 Å². The summed E-state index contributed by atoms with van der Waals surface area (Å²) in [7, 11) is 0. The molecule has 6 heteroatoms. The molecule has 1 aliphatic carbocycles. The van der Waals surface area contributed by atoms with Gasteiger partial charge in [0.1, 0.15) is 0 Å². The van der Waals surface area contributed by atoms with E-state index in [0.29, 0.717) is 16.7 Å². The van der Waals surface area contributed by atoms with Gasteiger partial charge in [-0.2, -0.15) is 0 Å². The van der Waals surface area contributed by atoms with Crippen LogP contribution in [0.3, 0.4) is 0 Å². The molecule has 1 fully saturated rings. The lowest BCUT2D eigenvalue weighted by molar-refractivity contribution is 0.0995. The molecule has 0 aliphatic heterocycles. The molecule has 1 aliphatic rings. The molecular weight excluding hydrogens is 334 g/mol. The number of aromatic amines is 1. The van der Waals surface area contributed by atoms with Gasteiger partial charge in [-0.3, -0.25) is 4.79 Å². The zero-order valence-electron chi connectivity index (χ0n) is 14.2. The number of hydrogen-bond acceptors (Lipinski definition) is 5. The van der Waals surface area contributed by atoms with Crippen molar-refractivity contribution in [2.45, 2.75) is 55.4 Å². The molecule has 1 unspecified atom stereocenters. The fourth-order valence-electron chi connectivity index (χ4n) is 3.48. The summed E-state index contributed by atoms with van der Waals surface area (Å²) in [6, 6.07) is 7.83. The lowest BCUT2D eigenvalue weighted by Gasteiger charge is -2.17. The molecule has 1 aromatic carbocycles. The number of para-hydroxylation sites is 1. The lowest BCUT2D eigenvalue weighted by atomic mass is 9.89. The zero-order valence-corrected chi connectivity index (χ0v) is 15.0. The maximum atomic E-state index is 12.8. The molecule has 0 saturated heterocycles. The Morgan fingerprint density at radius 3 is 2.88 bits per heavy atom. The fourth-order valence-corrected chi connectivity index (χ4v) is 4.24. The monoisotopic (exact) mass is 355 g/mol. The number of H-pyrrole nitrogens is 1. The Kier molecular flexibility index (Phi) is 4.61. The third kappa shape index (κ3) is 3.35. The molecule has 0 radical (unpaired) electrons. The third-order valence-corrected chi connectivity index (χ3v) is 5.81. The van der Waals surface area contributed by atoms with Gasteiger partial charge in [-0.25, -0.2) is 0 Å². The van der Waals surface area contributed by atoms with Gasteiger partial charge in [-0.1, -0.05) is 49.2 Å². The van der Waals surface area contributed by atoms with Crippen LogP contribution in [0.4, 0.5) is 0 Å². The van der Waals surface area contributed by atoms with Crippen LogP contribution < -0.4 is 0 Å². The minimum Gasteiger partial charge on any atom is -0.416 e. The van der Waals surface area contributed by atoms with E-state index >= 15 is 0 Å². The van der Waals surface area contributed by atoms with Crippen LogP contribution in [0.5, 0.6) is 0 Å². The molecule has 25 heavy (non-hydrogen) atoms. The second-order valence-corrected chi connectivity index (χ2v) is 7.91. The number of thioether (sulfide) groups is 1. The van der Waals surface area contributed by atoms with Crippen LogP contribution >= 0.6 is 11.8 Å². The van der Waals surface area contributed by atoms with Crippen LogP contribution in [-0.2, 0) is 0 Å². The number of nitrogens with one attached hydrogen (secondary N) is 1. The summed E-state index contributed by atoms with van der Waals surface area (Å²) in [5.41, 5.74) is 1.68. The minimum absolute atomic E-state index is 0.0693. The Morgan fingerprint density at radius 2 is 2.04 bits per heavy atom. The molecule has 0 spiro atoms. The molecule has 5 nitrogen and oxygen atoms in total. The van der Waals surface area contributed by atoms with Crippen molar-refractivity contribution < 1.29 is 9.21 Å². The summed E-state index contributed by atoms with van der Waals surface area (Å²) in [5.74, 6) is 1.18. The lowest BCUT2D eigenvalue weighted by Crippen LogP contribution is -2.13. The summed E-state index contributed by atoms with van der Waals surface area (Å²) in [6.07, 6.45) is 7.77. The van der Waals surface area contributed by atoms with Crippen LogP contribution in [0.25, 0.3) is 10.9 Å². The number of benzene rings is 1. The number of Topliss-reactive ketones (excluding diaryl/α,β-unsaturated/α-hetero) is 1. The average molecular weight is 355 g/mol. The Morgan fingerprint density at radius 1 is 1.24 bits per heavy atom. The number of rotatable bonds is 5. The smallest absolute Gasteiger partial charge is 0.277 e. The number of fused-ring (bicyclic) bond motifs is 1. The number of nitrogens with zero attached hydrogens (tertiary/aromatic N) is 2. The van der Waals surface area contributed by atoms with E-state index in [2.05, 4.69) is 15.2 Å². The highest BCUT2D eigenvalue weighted by atomic mass is 32.2. The van der Waals surface area contributed by atoms with E-state index in [4.69, 9.17) is 4.42 Å². The van der Waals surface area contributed by atoms with E-state index in [9.17, 15) is 4.79 Å². The minimum atomic E-state index is -0.279. The third-order valence-electron chi connectivity index (χ3n) is 4.88. The molecule has 0 amide bonds. The number of hydrogen-bond donors (Lipinski definition) is 1. The first-order chi connectivity index (χ1) is 12.2. The summed E-state index contributed by atoms with van der Waals surface area (Å²) in [5, 5.41) is 9.51. The highest BCUT2D eigenvalue weighted by Crippen LogP contribution is 2.34. The summed E-state index contributed by atoms with van der Waals surface area (Å²) >= 11 is 1.34. The van der Waals surface area contributed by atoms with E-state index in [1.165, 1.54) is 31.0 Å². The van der Waals surface area contributed by atoms with Gasteiger partial charge in [0.15, 0.2) is 5.78 Å². The quantitative estimate of drug-likeness (QED) is 0.517. The van der Waals surface area contributed by atoms with Gasteiger partial charge in [0.25, 0.3) is 5.22 Å². The fraction of sp³-hybridized carbons (Fsp3) is 0.421. The topological polar surface area (TPSA) is 71.8 Å². The maximum Gasteiger partial charge on any atom is 0.277 e. The van der Waals surface area contributed by atoms with Crippen molar-refractivity contribution >= 4 is 28.4 Å². The van der Waals surface area contributed by atoms with Crippen molar-refractivity contribution in [3.63, 3.8) is 0 Å². The number of aromatic nitrogens is 3. The second kappa shape index (κ2) is 7.04. The van der Waals surface area contributed by atoms with Crippen molar-refractivity contribution in [3.8, 4) is 0 Å². The molecule has 2 aromatic heterocycles. The van der Waals surface area contributed by atoms with Crippen molar-refractivity contribution in [2.75, 3.05) is 0 Å². The molecule has 2 heterocycles. The normalized spacial score (nSPS) is 17.0. The first-order valence-electron chi connectivity index (χ1n) is 8.83. The predicted molar refractivity (Wildman–Crippen MR) is 98.1 cm³/mol. The molecule has 130 valence electrons. The van der Waals surface area contributed by atoms with Gasteiger partial charge in [-0.05, 0) is 25.8 Å². The van der Waals surface area contributed by atoms with E-state index in [1.807, 2.05) is 31.2 Å². The Bertz CT molecular complexity index is 880. The first kappa shape index (κ1) is 16.4. The highest BCUT2D eigenvalue weighted by molar-refractivity contribution is 8.00. The number of carbonyl (C=O) groups is 1. The highest BCUT2D eigenvalue weighted by Gasteiger charge is 2.25. The van der Waals surface area contributed by atoms with Gasteiger partial charge >= 0.3 is 0 Å². The molecular formula is C19H21N3O2S. The summed E-state index contributed by atoms with van der Waals surface area (Å²) < 4.78 is 5.83. The van der Waals surface area contributed by atoms with E-state index in [-0.39, 0.29) is 11.0 Å². The molecule has 4 rings (SSSR count). The van der Waals surface area contributed by atoms with E-state index < -0.39 is 0 Å². The second-order valence-electron chi connectivity index (χ2n) is 6.61. The predicted octanol–water partition coefficient (Wildman–Crippen LogP) is 4.96. The first-order valence-corrected chi connectivity index (χ1v) is 9.70. The molecule has 1 atom stereocenters. The Hall–Kier alpha value is -2.08. The van der Waals surface area contributed by atoms with Crippen LogP contribution in [0.15, 0.2) is 40.1 Å². The van der Waals surface area contributed by atoms with Crippen molar-refractivity contribution in [1.29, 1.82) is 0 Å². The Balaban J connectivity index is 1.47. The largest absolute Gasteiger partial charge is 0.416 e. The molecule has 0 bridgehead atoms. The van der Waals surface area contributed by atoms with Crippen molar-refractivity contribution in [3.05, 3.63) is 41.9 Å². The average Bonchev–Trinajstić information content (AvgIpc) is 3.29. The van der Waals surface area contributed by atoms with Crippen molar-refractivity contribution in [1.82, 2.24) is 15.2 Å². The van der Waals surface area contributed by atoms with Crippen LogP contribution in [-0.4, -0.2) is 26.2 Å². The number of carbonyl (C=O) groups excluding carboxylic acids is 1. The maximum absolute atomic E-state index is 12.8. The molecule has 1 N–H and O–H groups in total. The van der Waals surface area contributed by atoms with Gasteiger partial charge in [-0.15, -0.1) is 10.2 Å². The number of ketones is 1. The molecule has 1 saturated carbocycles. The van der Waals surface area contributed by atoms with E-state index in [0.717, 1.165) is 29.6 Å². The van der Waals surface area contributed by atoms with E-state index in [1.54, 1.807) is 6.20 Å². The van der Waals surface area contributed by atoms with Gasteiger partial charge in [0, 0.05) is 28.6 Å². The van der Waals surface area contributed by atoms with Gasteiger partial charge < -0.3 is 9.40 Å². The van der Waals surface area contributed by atoms with Crippen LogP contribution in [0.1, 0.15) is 61.2 Å². The molecule has 3 aromatic rings. The summed E-state index contributed by atoms with van der Waals surface area (Å²) in [4.78, 5) is 16.0. The summed E-state index contributed by atoms with van der Waals surface area (Å²) in [6.45, 7) is 1.89.